The summed E-state index contributed by atoms with van der Waals surface area (Å²) in [5.41, 5.74) is 2.82. The van der Waals surface area contributed by atoms with E-state index in [0.717, 1.165) is 11.3 Å². The van der Waals surface area contributed by atoms with Gasteiger partial charge in [0, 0.05) is 26.3 Å². The number of carbonyl (C=O) groups is 1. The molecule has 3 rings (SSSR count). The first-order chi connectivity index (χ1) is 12.1. The molecule has 5 nitrogen and oxygen atoms in total. The van der Waals surface area contributed by atoms with Gasteiger partial charge >= 0.3 is 0 Å². The molecular weight excluding hydrogens is 316 g/mol. The highest BCUT2D eigenvalue weighted by molar-refractivity contribution is 5.97. The van der Waals surface area contributed by atoms with Crippen LogP contribution in [0.2, 0.25) is 0 Å². The van der Waals surface area contributed by atoms with E-state index in [-0.39, 0.29) is 12.0 Å². The number of amides is 1. The molecule has 2 aromatic rings. The molecule has 1 aliphatic rings. The molecule has 0 saturated carbocycles. The summed E-state index contributed by atoms with van der Waals surface area (Å²) in [7, 11) is 5.61. The van der Waals surface area contributed by atoms with Gasteiger partial charge < -0.3 is 19.3 Å². The standard InChI is InChI=1S/C20H24N2O3/c1-21(2)16-10-8-15(9-11-16)19-14-22(12-13-25-19)20(23)17-6-4-5-7-18(17)24-3/h4-11,19H,12-14H2,1-3H3. The van der Waals surface area contributed by atoms with E-state index in [1.807, 2.05) is 37.2 Å². The Kier molecular flexibility index (Phi) is 5.24. The zero-order valence-corrected chi connectivity index (χ0v) is 14.9. The molecule has 5 heteroatoms. The zero-order valence-electron chi connectivity index (χ0n) is 14.9. The zero-order chi connectivity index (χ0) is 17.8. The summed E-state index contributed by atoms with van der Waals surface area (Å²) in [4.78, 5) is 16.8. The van der Waals surface area contributed by atoms with Crippen LogP contribution in [0.3, 0.4) is 0 Å². The Morgan fingerprint density at radius 2 is 1.88 bits per heavy atom. The Balaban J connectivity index is 1.75. The van der Waals surface area contributed by atoms with Crippen molar-refractivity contribution in [3.8, 4) is 5.75 Å². The molecular formula is C20H24N2O3. The first kappa shape index (κ1) is 17.3. The van der Waals surface area contributed by atoms with Crippen molar-refractivity contribution in [1.29, 1.82) is 0 Å². The fourth-order valence-electron chi connectivity index (χ4n) is 3.01. The van der Waals surface area contributed by atoms with Crippen molar-refractivity contribution in [1.82, 2.24) is 4.90 Å². The lowest BCUT2D eigenvalue weighted by molar-refractivity contribution is -0.0229. The second-order valence-electron chi connectivity index (χ2n) is 6.30. The van der Waals surface area contributed by atoms with Gasteiger partial charge in [0.2, 0.25) is 0 Å². The van der Waals surface area contributed by atoms with Crippen molar-refractivity contribution in [3.63, 3.8) is 0 Å². The van der Waals surface area contributed by atoms with Crippen LogP contribution in [0.5, 0.6) is 5.75 Å². The molecule has 0 bridgehead atoms. The summed E-state index contributed by atoms with van der Waals surface area (Å²) in [5, 5.41) is 0. The molecule has 132 valence electrons. The number of hydrogen-bond donors (Lipinski definition) is 0. The summed E-state index contributed by atoms with van der Waals surface area (Å²) in [6.07, 6.45) is -0.108. The molecule has 0 aromatic heterocycles. The van der Waals surface area contributed by atoms with E-state index in [1.54, 1.807) is 13.2 Å². The summed E-state index contributed by atoms with van der Waals surface area (Å²) < 4.78 is 11.2. The number of hydrogen-bond acceptors (Lipinski definition) is 4. The van der Waals surface area contributed by atoms with Crippen molar-refractivity contribution >= 4 is 11.6 Å². The van der Waals surface area contributed by atoms with Gasteiger partial charge in [-0.2, -0.15) is 0 Å². The third kappa shape index (κ3) is 3.77. The molecule has 0 spiro atoms. The van der Waals surface area contributed by atoms with Crippen LogP contribution < -0.4 is 9.64 Å². The topological polar surface area (TPSA) is 42.0 Å². The number of morpholine rings is 1. The van der Waals surface area contributed by atoms with Crippen LogP contribution in [0.15, 0.2) is 48.5 Å². The van der Waals surface area contributed by atoms with E-state index >= 15 is 0 Å². The van der Waals surface area contributed by atoms with Crippen molar-refractivity contribution in [3.05, 3.63) is 59.7 Å². The quantitative estimate of drug-likeness (QED) is 0.858. The molecule has 1 atom stereocenters. The fraction of sp³-hybridized carbons (Fsp3) is 0.350. The Hall–Kier alpha value is -2.53. The van der Waals surface area contributed by atoms with Crippen molar-refractivity contribution in [2.45, 2.75) is 6.10 Å². The van der Waals surface area contributed by atoms with Crippen LogP contribution in [0.4, 0.5) is 5.69 Å². The number of anilines is 1. The first-order valence-corrected chi connectivity index (χ1v) is 8.41. The van der Waals surface area contributed by atoms with E-state index < -0.39 is 0 Å². The van der Waals surface area contributed by atoms with Gasteiger partial charge in [0.05, 0.1) is 25.8 Å². The smallest absolute Gasteiger partial charge is 0.257 e. The third-order valence-corrected chi connectivity index (χ3v) is 4.47. The molecule has 1 fully saturated rings. The molecule has 1 amide bonds. The number of rotatable bonds is 4. The Morgan fingerprint density at radius 3 is 2.56 bits per heavy atom. The largest absolute Gasteiger partial charge is 0.496 e. The summed E-state index contributed by atoms with van der Waals surface area (Å²) in [5.74, 6) is 0.585. The van der Waals surface area contributed by atoms with Gasteiger partial charge in [-0.3, -0.25) is 4.79 Å². The second kappa shape index (κ2) is 7.57. The van der Waals surface area contributed by atoms with E-state index in [0.29, 0.717) is 31.0 Å². The molecule has 0 aliphatic carbocycles. The minimum Gasteiger partial charge on any atom is -0.496 e. The van der Waals surface area contributed by atoms with Gasteiger partial charge in [-0.05, 0) is 29.8 Å². The van der Waals surface area contributed by atoms with Crippen LogP contribution >= 0.6 is 0 Å². The van der Waals surface area contributed by atoms with Crippen LogP contribution in [-0.4, -0.2) is 51.7 Å². The number of para-hydroxylation sites is 1. The van der Waals surface area contributed by atoms with Gasteiger partial charge in [0.15, 0.2) is 0 Å². The summed E-state index contributed by atoms with van der Waals surface area (Å²) >= 11 is 0. The highest BCUT2D eigenvalue weighted by atomic mass is 16.5. The van der Waals surface area contributed by atoms with Crippen LogP contribution in [0.25, 0.3) is 0 Å². The van der Waals surface area contributed by atoms with E-state index in [4.69, 9.17) is 9.47 Å². The van der Waals surface area contributed by atoms with Gasteiger partial charge in [-0.15, -0.1) is 0 Å². The van der Waals surface area contributed by atoms with Gasteiger partial charge in [0.1, 0.15) is 11.9 Å². The van der Waals surface area contributed by atoms with Crippen molar-refractivity contribution in [2.24, 2.45) is 0 Å². The molecule has 1 aliphatic heterocycles. The third-order valence-electron chi connectivity index (χ3n) is 4.47. The van der Waals surface area contributed by atoms with Gasteiger partial charge in [0.25, 0.3) is 5.91 Å². The number of nitrogens with zero attached hydrogens (tertiary/aromatic N) is 2. The van der Waals surface area contributed by atoms with E-state index in [9.17, 15) is 4.79 Å². The minimum absolute atomic E-state index is 0.0179. The molecule has 25 heavy (non-hydrogen) atoms. The van der Waals surface area contributed by atoms with Gasteiger partial charge in [-0.1, -0.05) is 24.3 Å². The Labute approximate surface area is 148 Å². The maximum atomic E-state index is 12.9. The first-order valence-electron chi connectivity index (χ1n) is 8.41. The Morgan fingerprint density at radius 1 is 1.16 bits per heavy atom. The lowest BCUT2D eigenvalue weighted by Gasteiger charge is -2.33. The summed E-state index contributed by atoms with van der Waals surface area (Å²) in [6.45, 7) is 1.66. The SMILES string of the molecule is COc1ccccc1C(=O)N1CCOC(c2ccc(N(C)C)cc2)C1. The van der Waals surface area contributed by atoms with Crippen LogP contribution in [0, 0.1) is 0 Å². The fourth-order valence-corrected chi connectivity index (χ4v) is 3.01. The Bertz CT molecular complexity index is 728. The average Bonchev–Trinajstić information content (AvgIpc) is 2.67. The van der Waals surface area contributed by atoms with Crippen LogP contribution in [0.1, 0.15) is 22.0 Å². The number of benzene rings is 2. The molecule has 1 heterocycles. The van der Waals surface area contributed by atoms with Crippen molar-refractivity contribution in [2.75, 3.05) is 45.8 Å². The molecule has 0 N–H and O–H groups in total. The normalized spacial score (nSPS) is 17.2. The molecule has 2 aromatic carbocycles. The van der Waals surface area contributed by atoms with Crippen molar-refractivity contribution < 1.29 is 14.3 Å². The highest BCUT2D eigenvalue weighted by Gasteiger charge is 2.27. The predicted octanol–water partition coefficient (Wildman–Crippen LogP) is 2.97. The van der Waals surface area contributed by atoms with Crippen LogP contribution in [-0.2, 0) is 4.74 Å². The van der Waals surface area contributed by atoms with E-state index in [1.165, 1.54) is 0 Å². The summed E-state index contributed by atoms with van der Waals surface area (Å²) in [6, 6.07) is 15.6. The molecule has 1 unspecified atom stereocenters. The molecule has 1 saturated heterocycles. The van der Waals surface area contributed by atoms with E-state index in [2.05, 4.69) is 29.2 Å². The lowest BCUT2D eigenvalue weighted by Crippen LogP contribution is -2.42. The lowest BCUT2D eigenvalue weighted by atomic mass is 10.1. The predicted molar refractivity (Wildman–Crippen MR) is 98.4 cm³/mol. The maximum absolute atomic E-state index is 12.9. The number of carbonyl (C=O) groups excluding carboxylic acids is 1. The average molecular weight is 340 g/mol. The number of ether oxygens (including phenoxy) is 2. The van der Waals surface area contributed by atoms with Gasteiger partial charge in [-0.25, -0.2) is 0 Å². The minimum atomic E-state index is -0.108. The highest BCUT2D eigenvalue weighted by Crippen LogP contribution is 2.27. The maximum Gasteiger partial charge on any atom is 0.257 e. The molecule has 0 radical (unpaired) electrons. The monoisotopic (exact) mass is 340 g/mol. The second-order valence-corrected chi connectivity index (χ2v) is 6.30. The number of methoxy groups -OCH3 is 1.